The van der Waals surface area contributed by atoms with Crippen LogP contribution in [0.5, 0.6) is 5.75 Å². The van der Waals surface area contributed by atoms with E-state index >= 15 is 0 Å². The standard InChI is InChI=1S/C12H15Br2N3OS/c1-12(2,3)16-11(19)17-15-6-7-4-8(13)10(18)9(14)5-7/h4-6,18H,1-3H3,(H2,16,17,19). The monoisotopic (exact) mass is 407 g/mol. The molecule has 104 valence electrons. The fraction of sp³-hybridized carbons (Fsp3) is 0.333. The largest absolute Gasteiger partial charge is 0.506 e. The van der Waals surface area contributed by atoms with E-state index in [1.54, 1.807) is 18.3 Å². The fourth-order valence-electron chi connectivity index (χ4n) is 1.19. The van der Waals surface area contributed by atoms with Gasteiger partial charge in [0.05, 0.1) is 15.2 Å². The molecule has 0 fully saturated rings. The highest BCUT2D eigenvalue weighted by Crippen LogP contribution is 2.32. The molecule has 0 aliphatic heterocycles. The van der Waals surface area contributed by atoms with Gasteiger partial charge >= 0.3 is 0 Å². The van der Waals surface area contributed by atoms with E-state index in [9.17, 15) is 5.11 Å². The molecule has 7 heteroatoms. The zero-order chi connectivity index (χ0) is 14.6. The quantitative estimate of drug-likeness (QED) is 0.398. The number of hydrogen-bond acceptors (Lipinski definition) is 3. The minimum absolute atomic E-state index is 0.107. The summed E-state index contributed by atoms with van der Waals surface area (Å²) in [5.74, 6) is 0.162. The van der Waals surface area contributed by atoms with E-state index in [0.29, 0.717) is 14.1 Å². The lowest BCUT2D eigenvalue weighted by Crippen LogP contribution is -2.44. The van der Waals surface area contributed by atoms with E-state index in [2.05, 4.69) is 47.7 Å². The van der Waals surface area contributed by atoms with Crippen LogP contribution >= 0.6 is 44.1 Å². The lowest BCUT2D eigenvalue weighted by molar-refractivity contribution is 0.468. The normalized spacial score (nSPS) is 11.6. The minimum atomic E-state index is -0.107. The van der Waals surface area contributed by atoms with Crippen LogP contribution in [0, 0.1) is 0 Å². The Morgan fingerprint density at radius 3 is 2.32 bits per heavy atom. The van der Waals surface area contributed by atoms with Crippen molar-refractivity contribution < 1.29 is 5.11 Å². The molecule has 0 amide bonds. The van der Waals surface area contributed by atoms with Gasteiger partial charge in [-0.15, -0.1) is 0 Å². The third kappa shape index (κ3) is 5.88. The smallest absolute Gasteiger partial charge is 0.187 e. The molecule has 0 spiro atoms. The molecule has 0 saturated heterocycles. The van der Waals surface area contributed by atoms with Crippen molar-refractivity contribution in [1.29, 1.82) is 0 Å². The van der Waals surface area contributed by atoms with Gasteiger partial charge in [-0.2, -0.15) is 5.10 Å². The lowest BCUT2D eigenvalue weighted by Gasteiger charge is -2.21. The van der Waals surface area contributed by atoms with Crippen molar-refractivity contribution >= 4 is 55.4 Å². The first-order chi connectivity index (χ1) is 8.69. The zero-order valence-electron chi connectivity index (χ0n) is 10.8. The van der Waals surface area contributed by atoms with E-state index in [0.717, 1.165) is 5.56 Å². The Kier molecular flexibility index (Phi) is 5.76. The molecule has 1 aromatic rings. The first kappa shape index (κ1) is 16.4. The van der Waals surface area contributed by atoms with E-state index in [-0.39, 0.29) is 11.3 Å². The van der Waals surface area contributed by atoms with E-state index < -0.39 is 0 Å². The molecular formula is C12H15Br2N3OS. The molecule has 0 radical (unpaired) electrons. The highest BCUT2D eigenvalue weighted by molar-refractivity contribution is 9.11. The van der Waals surface area contributed by atoms with E-state index in [1.807, 2.05) is 20.8 Å². The molecule has 3 N–H and O–H groups in total. The van der Waals surface area contributed by atoms with Gasteiger partial charge < -0.3 is 10.4 Å². The molecule has 0 unspecified atom stereocenters. The molecule has 0 bridgehead atoms. The Balaban J connectivity index is 2.66. The van der Waals surface area contributed by atoms with Crippen LogP contribution in [0.2, 0.25) is 0 Å². The Labute approximate surface area is 134 Å². The number of rotatable bonds is 2. The summed E-state index contributed by atoms with van der Waals surface area (Å²) >= 11 is 11.6. The van der Waals surface area contributed by atoms with Crippen molar-refractivity contribution in [2.75, 3.05) is 0 Å². The molecule has 4 nitrogen and oxygen atoms in total. The van der Waals surface area contributed by atoms with E-state index in [4.69, 9.17) is 12.2 Å². The average molecular weight is 409 g/mol. The highest BCUT2D eigenvalue weighted by Gasteiger charge is 2.10. The number of phenolic OH excluding ortho intramolecular Hbond substituents is 1. The maximum Gasteiger partial charge on any atom is 0.187 e. The van der Waals surface area contributed by atoms with Crippen molar-refractivity contribution in [3.05, 3.63) is 26.6 Å². The van der Waals surface area contributed by atoms with Gasteiger partial charge in [-0.1, -0.05) is 0 Å². The van der Waals surface area contributed by atoms with Crippen molar-refractivity contribution in [1.82, 2.24) is 10.7 Å². The Morgan fingerprint density at radius 2 is 1.84 bits per heavy atom. The number of phenols is 1. The predicted octanol–water partition coefficient (Wildman–Crippen LogP) is 3.51. The van der Waals surface area contributed by atoms with Gasteiger partial charge in [0.25, 0.3) is 0 Å². The Hall–Kier alpha value is -0.660. The molecule has 1 aromatic carbocycles. The van der Waals surface area contributed by atoms with Gasteiger partial charge in [0.15, 0.2) is 5.11 Å². The number of halogens is 2. The lowest BCUT2D eigenvalue weighted by atomic mass is 10.1. The second-order valence-corrected chi connectivity index (χ2v) is 7.02. The molecular weight excluding hydrogens is 394 g/mol. The van der Waals surface area contributed by atoms with E-state index in [1.165, 1.54) is 0 Å². The minimum Gasteiger partial charge on any atom is -0.506 e. The van der Waals surface area contributed by atoms with Crippen LogP contribution < -0.4 is 10.7 Å². The van der Waals surface area contributed by atoms with Crippen LogP contribution in [0.1, 0.15) is 26.3 Å². The summed E-state index contributed by atoms with van der Waals surface area (Å²) < 4.78 is 1.19. The Morgan fingerprint density at radius 1 is 1.32 bits per heavy atom. The maximum atomic E-state index is 9.59. The molecule has 19 heavy (non-hydrogen) atoms. The van der Waals surface area contributed by atoms with Gasteiger partial charge in [0.2, 0.25) is 0 Å². The SMILES string of the molecule is CC(C)(C)NC(=S)NN=Cc1cc(Br)c(O)c(Br)c1. The fourth-order valence-corrected chi connectivity index (χ4v) is 2.77. The molecule has 0 aromatic heterocycles. The van der Waals surface area contributed by atoms with Crippen LogP contribution in [-0.4, -0.2) is 22.0 Å². The number of nitrogens with zero attached hydrogens (tertiary/aromatic N) is 1. The van der Waals surface area contributed by atoms with Gasteiger partial charge in [0, 0.05) is 5.54 Å². The van der Waals surface area contributed by atoms with Crippen LogP contribution in [0.3, 0.4) is 0 Å². The topological polar surface area (TPSA) is 56.7 Å². The van der Waals surface area contributed by atoms with Gasteiger partial charge in [-0.25, -0.2) is 0 Å². The highest BCUT2D eigenvalue weighted by atomic mass is 79.9. The number of aromatic hydroxyl groups is 1. The van der Waals surface area contributed by atoms with Crippen molar-refractivity contribution in [2.24, 2.45) is 5.10 Å². The molecule has 0 aliphatic carbocycles. The van der Waals surface area contributed by atoms with Crippen molar-refractivity contribution in [3.8, 4) is 5.75 Å². The van der Waals surface area contributed by atoms with Gasteiger partial charge in [0.1, 0.15) is 5.75 Å². The summed E-state index contributed by atoms with van der Waals surface area (Å²) in [5, 5.41) is 17.2. The second-order valence-electron chi connectivity index (χ2n) is 4.91. The van der Waals surface area contributed by atoms with Crippen molar-refractivity contribution in [2.45, 2.75) is 26.3 Å². The molecule has 0 atom stereocenters. The predicted molar refractivity (Wildman–Crippen MR) is 89.7 cm³/mol. The third-order valence-electron chi connectivity index (χ3n) is 1.91. The van der Waals surface area contributed by atoms with Crippen LogP contribution in [0.25, 0.3) is 0 Å². The maximum absolute atomic E-state index is 9.59. The number of hydrogen-bond donors (Lipinski definition) is 3. The first-order valence-electron chi connectivity index (χ1n) is 5.48. The average Bonchev–Trinajstić information content (AvgIpc) is 2.23. The summed E-state index contributed by atoms with van der Waals surface area (Å²) in [6.45, 7) is 6.04. The molecule has 0 saturated carbocycles. The van der Waals surface area contributed by atoms with Gasteiger partial charge in [-0.05, 0) is 82.5 Å². The Bertz CT molecular complexity index is 489. The summed E-state index contributed by atoms with van der Waals surface area (Å²) in [6.07, 6.45) is 1.62. The molecule has 0 aliphatic rings. The van der Waals surface area contributed by atoms with Crippen LogP contribution in [0.15, 0.2) is 26.2 Å². The summed E-state index contributed by atoms with van der Waals surface area (Å²) in [6, 6.07) is 3.51. The first-order valence-corrected chi connectivity index (χ1v) is 7.48. The number of thiocarbonyl (C=S) groups is 1. The summed E-state index contributed by atoms with van der Waals surface area (Å²) in [7, 11) is 0. The third-order valence-corrected chi connectivity index (χ3v) is 3.31. The molecule has 1 rings (SSSR count). The van der Waals surface area contributed by atoms with Crippen LogP contribution in [0.4, 0.5) is 0 Å². The number of hydrazone groups is 1. The molecule has 0 heterocycles. The summed E-state index contributed by atoms with van der Waals surface area (Å²) in [5.41, 5.74) is 3.45. The second kappa shape index (κ2) is 6.67. The number of benzene rings is 1. The van der Waals surface area contributed by atoms with Gasteiger partial charge in [-0.3, -0.25) is 5.43 Å². The zero-order valence-corrected chi connectivity index (χ0v) is 14.8. The number of nitrogens with one attached hydrogen (secondary N) is 2. The summed E-state index contributed by atoms with van der Waals surface area (Å²) in [4.78, 5) is 0. The van der Waals surface area contributed by atoms with Crippen molar-refractivity contribution in [3.63, 3.8) is 0 Å². The van der Waals surface area contributed by atoms with Crippen LogP contribution in [-0.2, 0) is 0 Å².